The highest BCUT2D eigenvalue weighted by Crippen LogP contribution is 2.37. The van der Waals surface area contributed by atoms with Gasteiger partial charge in [-0.05, 0) is 29.1 Å². The van der Waals surface area contributed by atoms with Gasteiger partial charge in [-0.15, -0.1) is 11.3 Å². The molecule has 2 aromatic rings. The fourth-order valence-electron chi connectivity index (χ4n) is 2.02. The van der Waals surface area contributed by atoms with Gasteiger partial charge in [-0.25, -0.2) is 0 Å². The Morgan fingerprint density at radius 1 is 1.42 bits per heavy atom. The second-order valence-corrected chi connectivity index (χ2v) is 5.55. The molecule has 2 rings (SSSR count). The summed E-state index contributed by atoms with van der Waals surface area (Å²) in [5.74, 6) is 0.548. The zero-order valence-electron chi connectivity index (χ0n) is 10.5. The van der Waals surface area contributed by atoms with Crippen molar-refractivity contribution in [3.05, 3.63) is 51.2 Å². The number of aliphatic hydroxyl groups excluding tert-OH is 1. The molecule has 0 saturated heterocycles. The first-order valence-electron chi connectivity index (χ1n) is 5.92. The molecule has 2 atom stereocenters. The summed E-state index contributed by atoms with van der Waals surface area (Å²) in [7, 11) is 1.61. The van der Waals surface area contributed by atoms with E-state index in [0.717, 1.165) is 16.2 Å². The van der Waals surface area contributed by atoms with Crippen molar-refractivity contribution in [2.45, 2.75) is 12.0 Å². The number of thiophene rings is 1. The van der Waals surface area contributed by atoms with Gasteiger partial charge in [0.25, 0.3) is 0 Å². The minimum absolute atomic E-state index is 0.203. The Morgan fingerprint density at radius 2 is 2.21 bits per heavy atom. The fourth-order valence-corrected chi connectivity index (χ4v) is 3.24. The molecule has 0 fully saturated rings. The molecule has 1 aromatic carbocycles. The number of ether oxygens (including phenoxy) is 1. The van der Waals surface area contributed by atoms with E-state index in [9.17, 15) is 5.11 Å². The molecule has 0 aliphatic rings. The fraction of sp³-hybridized carbons (Fsp3) is 0.286. The van der Waals surface area contributed by atoms with E-state index in [1.807, 2.05) is 29.6 Å². The van der Waals surface area contributed by atoms with E-state index in [2.05, 4.69) is 0 Å². The van der Waals surface area contributed by atoms with E-state index >= 15 is 0 Å². The van der Waals surface area contributed by atoms with Crippen molar-refractivity contribution < 1.29 is 9.84 Å². The molecule has 1 aromatic heterocycles. The van der Waals surface area contributed by atoms with Crippen LogP contribution in [-0.2, 0) is 0 Å². The molecule has 0 bridgehead atoms. The molecular formula is C14H16ClNO2S. The second-order valence-electron chi connectivity index (χ2n) is 4.20. The van der Waals surface area contributed by atoms with Crippen molar-refractivity contribution >= 4 is 22.9 Å². The Hall–Kier alpha value is -1.07. The molecule has 3 nitrogen and oxygen atoms in total. The van der Waals surface area contributed by atoms with Crippen LogP contribution in [0.4, 0.5) is 0 Å². The highest BCUT2D eigenvalue weighted by Gasteiger charge is 2.24. The summed E-state index contributed by atoms with van der Waals surface area (Å²) in [5.41, 5.74) is 6.76. The van der Waals surface area contributed by atoms with Gasteiger partial charge in [0.05, 0.1) is 23.1 Å². The number of halogens is 1. The van der Waals surface area contributed by atoms with Crippen LogP contribution in [0.2, 0.25) is 5.02 Å². The van der Waals surface area contributed by atoms with Crippen LogP contribution >= 0.6 is 22.9 Å². The van der Waals surface area contributed by atoms with Gasteiger partial charge in [0.2, 0.25) is 0 Å². The Labute approximate surface area is 121 Å². The van der Waals surface area contributed by atoms with Crippen LogP contribution in [0.15, 0.2) is 35.7 Å². The lowest BCUT2D eigenvalue weighted by molar-refractivity contribution is 0.151. The van der Waals surface area contributed by atoms with E-state index in [-0.39, 0.29) is 5.92 Å². The molecule has 3 N–H and O–H groups in total. The largest absolute Gasteiger partial charge is 0.497 e. The second kappa shape index (κ2) is 6.39. The minimum Gasteiger partial charge on any atom is -0.497 e. The predicted octanol–water partition coefficient (Wildman–Crippen LogP) is 3.19. The Morgan fingerprint density at radius 3 is 2.79 bits per heavy atom. The third-order valence-electron chi connectivity index (χ3n) is 3.07. The molecule has 5 heteroatoms. The van der Waals surface area contributed by atoms with E-state index in [4.69, 9.17) is 22.1 Å². The van der Waals surface area contributed by atoms with Crippen LogP contribution in [0.5, 0.6) is 5.75 Å². The summed E-state index contributed by atoms with van der Waals surface area (Å²) in [5, 5.41) is 12.9. The van der Waals surface area contributed by atoms with Gasteiger partial charge in [-0.1, -0.05) is 23.7 Å². The quantitative estimate of drug-likeness (QED) is 0.891. The topological polar surface area (TPSA) is 55.5 Å². The van der Waals surface area contributed by atoms with Gasteiger partial charge in [0.1, 0.15) is 5.75 Å². The minimum atomic E-state index is -0.704. The average molecular weight is 298 g/mol. The Bertz CT molecular complexity index is 544. The van der Waals surface area contributed by atoms with Crippen molar-refractivity contribution in [1.82, 2.24) is 0 Å². The van der Waals surface area contributed by atoms with Gasteiger partial charge in [0, 0.05) is 12.5 Å². The maximum absolute atomic E-state index is 10.5. The first-order chi connectivity index (χ1) is 9.17. The number of aliphatic hydroxyl groups is 1. The van der Waals surface area contributed by atoms with Crippen LogP contribution in [0.25, 0.3) is 0 Å². The lowest BCUT2D eigenvalue weighted by Crippen LogP contribution is -2.19. The maximum Gasteiger partial charge on any atom is 0.119 e. The first-order valence-corrected chi connectivity index (χ1v) is 7.18. The number of hydrogen-bond donors (Lipinski definition) is 2. The number of nitrogens with two attached hydrogens (primary N) is 1. The van der Waals surface area contributed by atoms with Gasteiger partial charge in [0.15, 0.2) is 0 Å². The third-order valence-corrected chi connectivity index (χ3v) is 4.50. The van der Waals surface area contributed by atoms with Crippen molar-refractivity contribution in [3.63, 3.8) is 0 Å². The lowest BCUT2D eigenvalue weighted by atomic mass is 9.92. The molecule has 102 valence electrons. The highest BCUT2D eigenvalue weighted by atomic mass is 35.5. The van der Waals surface area contributed by atoms with Gasteiger partial charge < -0.3 is 15.6 Å². The summed E-state index contributed by atoms with van der Waals surface area (Å²) in [4.78, 5) is 0.750. The summed E-state index contributed by atoms with van der Waals surface area (Å²) in [6.07, 6.45) is -0.704. The molecular weight excluding hydrogens is 282 g/mol. The van der Waals surface area contributed by atoms with Crippen LogP contribution in [-0.4, -0.2) is 18.8 Å². The van der Waals surface area contributed by atoms with Crippen molar-refractivity contribution in [2.24, 2.45) is 5.73 Å². The molecule has 2 unspecified atom stereocenters. The molecule has 0 aliphatic heterocycles. The summed E-state index contributed by atoms with van der Waals surface area (Å²) < 4.78 is 5.20. The van der Waals surface area contributed by atoms with Crippen LogP contribution in [0.3, 0.4) is 0 Å². The van der Waals surface area contributed by atoms with Crippen LogP contribution in [0, 0.1) is 0 Å². The first kappa shape index (κ1) is 14.3. The molecule has 0 spiro atoms. The summed E-state index contributed by atoms with van der Waals surface area (Å²) in [6.45, 7) is 0.336. The summed E-state index contributed by atoms with van der Waals surface area (Å²) in [6, 6.07) is 9.36. The Balaban J connectivity index is 2.31. The van der Waals surface area contributed by atoms with Crippen LogP contribution in [0.1, 0.15) is 22.5 Å². The van der Waals surface area contributed by atoms with Crippen molar-refractivity contribution in [3.8, 4) is 5.75 Å². The Kier molecular flexibility index (Phi) is 4.82. The standard InChI is InChI=1S/C14H16ClNO2S/c1-18-10-4-2-3-9(7-10)11(8-16)13(17)14-12(15)5-6-19-14/h2-7,11,13,17H,8,16H2,1H3. The highest BCUT2D eigenvalue weighted by molar-refractivity contribution is 7.10. The maximum atomic E-state index is 10.5. The molecule has 19 heavy (non-hydrogen) atoms. The monoisotopic (exact) mass is 297 g/mol. The zero-order chi connectivity index (χ0) is 13.8. The summed E-state index contributed by atoms with van der Waals surface area (Å²) >= 11 is 7.50. The van der Waals surface area contributed by atoms with Gasteiger partial charge >= 0.3 is 0 Å². The number of rotatable bonds is 5. The van der Waals surface area contributed by atoms with E-state index < -0.39 is 6.10 Å². The molecule has 1 heterocycles. The van der Waals surface area contributed by atoms with Crippen LogP contribution < -0.4 is 10.5 Å². The molecule has 0 saturated carbocycles. The van der Waals surface area contributed by atoms with E-state index in [0.29, 0.717) is 11.6 Å². The SMILES string of the molecule is COc1cccc(C(CN)C(O)c2sccc2Cl)c1. The van der Waals surface area contributed by atoms with Crippen molar-refractivity contribution in [1.29, 1.82) is 0 Å². The molecule has 0 aliphatic carbocycles. The van der Waals surface area contributed by atoms with Crippen molar-refractivity contribution in [2.75, 3.05) is 13.7 Å². The molecule has 0 radical (unpaired) electrons. The zero-order valence-corrected chi connectivity index (χ0v) is 12.1. The molecule has 0 amide bonds. The van der Waals surface area contributed by atoms with Gasteiger partial charge in [-0.2, -0.15) is 0 Å². The smallest absolute Gasteiger partial charge is 0.119 e. The lowest BCUT2D eigenvalue weighted by Gasteiger charge is -2.21. The van der Waals surface area contributed by atoms with Gasteiger partial charge in [-0.3, -0.25) is 0 Å². The normalized spacial score (nSPS) is 14.1. The number of hydrogen-bond acceptors (Lipinski definition) is 4. The van der Waals surface area contributed by atoms with E-state index in [1.54, 1.807) is 13.2 Å². The third kappa shape index (κ3) is 3.09. The average Bonchev–Trinajstić information content (AvgIpc) is 2.86. The van der Waals surface area contributed by atoms with E-state index in [1.165, 1.54) is 11.3 Å². The predicted molar refractivity (Wildman–Crippen MR) is 79.1 cm³/mol. The number of benzene rings is 1. The number of methoxy groups -OCH3 is 1.